The van der Waals surface area contributed by atoms with Crippen LogP contribution in [0.3, 0.4) is 0 Å². The van der Waals surface area contributed by atoms with Crippen molar-refractivity contribution in [3.63, 3.8) is 0 Å². The second-order valence-corrected chi connectivity index (χ2v) is 5.14. The molecule has 0 aliphatic carbocycles. The van der Waals surface area contributed by atoms with Crippen LogP contribution in [0.2, 0.25) is 0 Å². The standard InChI is InChI=1S/C13H25N5O/c1-11(2)12(5-6-14)3-4-13(19)15-7-9-18-10-8-16-17-18/h8,10-12H,3-7,9,14H2,1-2H3,(H,15,19). The van der Waals surface area contributed by atoms with Crippen molar-refractivity contribution in [2.45, 2.75) is 39.7 Å². The molecule has 1 unspecified atom stereocenters. The summed E-state index contributed by atoms with van der Waals surface area (Å²) in [4.78, 5) is 11.7. The van der Waals surface area contributed by atoms with Gasteiger partial charge in [-0.1, -0.05) is 19.1 Å². The Bertz CT molecular complexity index is 350. The molecular formula is C13H25N5O. The fourth-order valence-electron chi connectivity index (χ4n) is 2.09. The number of carbonyl (C=O) groups excluding carboxylic acids is 1. The summed E-state index contributed by atoms with van der Waals surface area (Å²) in [6.45, 7) is 6.30. The molecule has 1 heterocycles. The SMILES string of the molecule is CC(C)C(CCN)CCC(=O)NCCn1ccnn1. The maximum absolute atomic E-state index is 11.7. The third-order valence-electron chi connectivity index (χ3n) is 3.36. The van der Waals surface area contributed by atoms with Crippen molar-refractivity contribution in [1.82, 2.24) is 20.3 Å². The zero-order valence-electron chi connectivity index (χ0n) is 11.9. The third kappa shape index (κ3) is 6.33. The predicted octanol–water partition coefficient (Wildman–Crippen LogP) is 0.796. The highest BCUT2D eigenvalue weighted by molar-refractivity contribution is 5.75. The number of hydrogen-bond acceptors (Lipinski definition) is 4. The van der Waals surface area contributed by atoms with Crippen LogP contribution in [0.4, 0.5) is 0 Å². The highest BCUT2D eigenvalue weighted by Gasteiger charge is 2.14. The molecule has 19 heavy (non-hydrogen) atoms. The van der Waals surface area contributed by atoms with Gasteiger partial charge in [-0.15, -0.1) is 5.10 Å². The van der Waals surface area contributed by atoms with Crippen LogP contribution in [0.25, 0.3) is 0 Å². The minimum Gasteiger partial charge on any atom is -0.354 e. The number of nitrogens with one attached hydrogen (secondary N) is 1. The number of nitrogens with zero attached hydrogens (tertiary/aromatic N) is 3. The normalized spacial score (nSPS) is 12.6. The first-order chi connectivity index (χ1) is 9.13. The Morgan fingerprint density at radius 2 is 2.21 bits per heavy atom. The molecule has 0 aliphatic rings. The van der Waals surface area contributed by atoms with Crippen molar-refractivity contribution in [2.24, 2.45) is 17.6 Å². The number of hydrogen-bond donors (Lipinski definition) is 2. The minimum absolute atomic E-state index is 0.0998. The number of amides is 1. The van der Waals surface area contributed by atoms with Gasteiger partial charge >= 0.3 is 0 Å². The Morgan fingerprint density at radius 1 is 1.42 bits per heavy atom. The van der Waals surface area contributed by atoms with E-state index in [1.807, 2.05) is 0 Å². The predicted molar refractivity (Wildman–Crippen MR) is 74.3 cm³/mol. The molecule has 1 aromatic heterocycles. The van der Waals surface area contributed by atoms with E-state index in [-0.39, 0.29) is 5.91 Å². The fraction of sp³-hybridized carbons (Fsp3) is 0.769. The van der Waals surface area contributed by atoms with Crippen molar-refractivity contribution in [2.75, 3.05) is 13.1 Å². The molecule has 1 atom stereocenters. The molecule has 6 heteroatoms. The molecule has 6 nitrogen and oxygen atoms in total. The molecule has 1 aromatic rings. The van der Waals surface area contributed by atoms with Gasteiger partial charge in [-0.2, -0.15) is 0 Å². The lowest BCUT2D eigenvalue weighted by Gasteiger charge is -2.19. The van der Waals surface area contributed by atoms with Gasteiger partial charge in [0, 0.05) is 19.2 Å². The first kappa shape index (κ1) is 15.6. The van der Waals surface area contributed by atoms with Crippen LogP contribution in [-0.4, -0.2) is 34.0 Å². The molecule has 1 rings (SSSR count). The van der Waals surface area contributed by atoms with Crippen LogP contribution < -0.4 is 11.1 Å². The van der Waals surface area contributed by atoms with Crippen molar-refractivity contribution in [3.8, 4) is 0 Å². The summed E-state index contributed by atoms with van der Waals surface area (Å²) in [5, 5.41) is 10.4. The van der Waals surface area contributed by atoms with Crippen LogP contribution in [0.15, 0.2) is 12.4 Å². The zero-order chi connectivity index (χ0) is 14.1. The molecule has 0 aromatic carbocycles. The number of rotatable bonds is 9. The molecule has 0 aliphatic heterocycles. The van der Waals surface area contributed by atoms with Crippen molar-refractivity contribution in [3.05, 3.63) is 12.4 Å². The molecule has 0 radical (unpaired) electrons. The molecule has 0 saturated carbocycles. The minimum atomic E-state index is 0.0998. The summed E-state index contributed by atoms with van der Waals surface area (Å²) in [7, 11) is 0. The Kier molecular flexibility index (Phi) is 7.10. The maximum Gasteiger partial charge on any atom is 0.220 e. The topological polar surface area (TPSA) is 85.8 Å². The lowest BCUT2D eigenvalue weighted by Crippen LogP contribution is -2.28. The van der Waals surface area contributed by atoms with Crippen LogP contribution in [0.1, 0.15) is 33.1 Å². The third-order valence-corrected chi connectivity index (χ3v) is 3.36. The van der Waals surface area contributed by atoms with Crippen LogP contribution in [0.5, 0.6) is 0 Å². The number of carbonyl (C=O) groups is 1. The van der Waals surface area contributed by atoms with E-state index < -0.39 is 0 Å². The van der Waals surface area contributed by atoms with E-state index >= 15 is 0 Å². The van der Waals surface area contributed by atoms with Gasteiger partial charge < -0.3 is 11.1 Å². The molecule has 3 N–H and O–H groups in total. The zero-order valence-corrected chi connectivity index (χ0v) is 11.9. The van der Waals surface area contributed by atoms with Gasteiger partial charge in [0.2, 0.25) is 5.91 Å². The lowest BCUT2D eigenvalue weighted by molar-refractivity contribution is -0.121. The van der Waals surface area contributed by atoms with Gasteiger partial charge in [-0.05, 0) is 31.2 Å². The highest BCUT2D eigenvalue weighted by atomic mass is 16.1. The molecule has 1 amide bonds. The maximum atomic E-state index is 11.7. The molecule has 0 bridgehead atoms. The van der Waals surface area contributed by atoms with Crippen molar-refractivity contribution < 1.29 is 4.79 Å². The van der Waals surface area contributed by atoms with Gasteiger partial charge in [0.05, 0.1) is 12.7 Å². The largest absolute Gasteiger partial charge is 0.354 e. The monoisotopic (exact) mass is 267 g/mol. The Morgan fingerprint density at radius 3 is 2.79 bits per heavy atom. The van der Waals surface area contributed by atoms with Gasteiger partial charge in [0.25, 0.3) is 0 Å². The summed E-state index contributed by atoms with van der Waals surface area (Å²) in [5.41, 5.74) is 5.59. The van der Waals surface area contributed by atoms with E-state index in [1.54, 1.807) is 17.1 Å². The average molecular weight is 267 g/mol. The van der Waals surface area contributed by atoms with E-state index in [4.69, 9.17) is 5.73 Å². The number of nitrogens with two attached hydrogens (primary N) is 1. The quantitative estimate of drug-likeness (QED) is 0.693. The van der Waals surface area contributed by atoms with Gasteiger partial charge in [0.1, 0.15) is 0 Å². The average Bonchev–Trinajstić information content (AvgIpc) is 2.87. The van der Waals surface area contributed by atoms with Gasteiger partial charge in [-0.3, -0.25) is 9.48 Å². The van der Waals surface area contributed by atoms with E-state index in [9.17, 15) is 4.79 Å². The molecule has 108 valence electrons. The van der Waals surface area contributed by atoms with E-state index in [2.05, 4.69) is 29.5 Å². The van der Waals surface area contributed by atoms with Crippen molar-refractivity contribution >= 4 is 5.91 Å². The first-order valence-electron chi connectivity index (χ1n) is 6.94. The summed E-state index contributed by atoms with van der Waals surface area (Å²) < 4.78 is 1.70. The summed E-state index contributed by atoms with van der Waals surface area (Å²) >= 11 is 0. The van der Waals surface area contributed by atoms with E-state index in [0.717, 1.165) is 12.8 Å². The Balaban J connectivity index is 2.16. The first-order valence-corrected chi connectivity index (χ1v) is 6.94. The second kappa shape index (κ2) is 8.63. The smallest absolute Gasteiger partial charge is 0.220 e. The summed E-state index contributed by atoms with van der Waals surface area (Å²) in [6, 6.07) is 0. The number of aromatic nitrogens is 3. The lowest BCUT2D eigenvalue weighted by atomic mass is 9.88. The summed E-state index contributed by atoms with van der Waals surface area (Å²) in [5.74, 6) is 1.21. The summed E-state index contributed by atoms with van der Waals surface area (Å²) in [6.07, 6.45) is 5.87. The van der Waals surface area contributed by atoms with Gasteiger partial charge in [-0.25, -0.2) is 0 Å². The molecule has 0 saturated heterocycles. The van der Waals surface area contributed by atoms with Crippen LogP contribution >= 0.6 is 0 Å². The Labute approximate surface area is 114 Å². The van der Waals surface area contributed by atoms with E-state index in [0.29, 0.717) is 37.9 Å². The fourth-order valence-corrected chi connectivity index (χ4v) is 2.09. The highest BCUT2D eigenvalue weighted by Crippen LogP contribution is 2.20. The molecule has 0 spiro atoms. The van der Waals surface area contributed by atoms with Crippen LogP contribution in [-0.2, 0) is 11.3 Å². The van der Waals surface area contributed by atoms with Gasteiger partial charge in [0.15, 0.2) is 0 Å². The molecule has 0 fully saturated rings. The molecular weight excluding hydrogens is 242 g/mol. The second-order valence-electron chi connectivity index (χ2n) is 5.14. The van der Waals surface area contributed by atoms with E-state index in [1.165, 1.54) is 0 Å². The Hall–Kier alpha value is -1.43. The van der Waals surface area contributed by atoms with Crippen molar-refractivity contribution in [1.29, 1.82) is 0 Å². The van der Waals surface area contributed by atoms with Crippen LogP contribution in [0, 0.1) is 11.8 Å².